The maximum absolute atomic E-state index is 13.7. The van der Waals surface area contributed by atoms with Gasteiger partial charge in [0.25, 0.3) is 0 Å². The molecular weight excluding hydrogens is 416 g/mol. The van der Waals surface area contributed by atoms with Gasteiger partial charge in [0.1, 0.15) is 6.04 Å². The van der Waals surface area contributed by atoms with Crippen molar-refractivity contribution in [3.8, 4) is 0 Å². The average Bonchev–Trinajstić information content (AvgIpc) is 3.19. The maximum Gasteiger partial charge on any atom is 0.328 e. The molecule has 1 unspecified atom stereocenters. The first kappa shape index (κ1) is 21.2. The Bertz CT molecular complexity index is 952. The lowest BCUT2D eigenvalue weighted by atomic mass is 9.95. The number of carbonyl (C=O) groups excluding carboxylic acids is 3. The van der Waals surface area contributed by atoms with Gasteiger partial charge in [-0.25, -0.2) is 4.79 Å². The first-order valence-corrected chi connectivity index (χ1v) is 11.1. The van der Waals surface area contributed by atoms with E-state index >= 15 is 0 Å². The number of rotatable bonds is 6. The molecule has 1 aromatic carbocycles. The fraction of sp³-hybridized carbons (Fsp3) is 0.609. The predicted molar refractivity (Wildman–Crippen MR) is 113 cm³/mol. The fourth-order valence-corrected chi connectivity index (χ4v) is 5.37. The standard InChI is InChI=1S/C23H28N2O7/c1-29-18(26)7-6-17(20(27)30-2)25-16-5-3-4-15(19(16)22(8-9-22)21(25)28)24-11-10-23(14-24)31-12-13-32-23/h3-5,17H,6-14H2,1-2H3. The molecule has 1 aliphatic carbocycles. The number of hydrogen-bond acceptors (Lipinski definition) is 8. The van der Waals surface area contributed by atoms with Crippen molar-refractivity contribution in [2.45, 2.75) is 49.3 Å². The number of benzene rings is 1. The lowest BCUT2D eigenvalue weighted by Gasteiger charge is -2.27. The highest BCUT2D eigenvalue weighted by Gasteiger charge is 2.62. The quantitative estimate of drug-likeness (QED) is 0.610. The highest BCUT2D eigenvalue weighted by Crippen LogP contribution is 2.61. The monoisotopic (exact) mass is 444 g/mol. The summed E-state index contributed by atoms with van der Waals surface area (Å²) in [5.74, 6) is -1.64. The van der Waals surface area contributed by atoms with Crippen LogP contribution in [0.2, 0.25) is 0 Å². The summed E-state index contributed by atoms with van der Waals surface area (Å²) in [6.45, 7) is 2.57. The highest BCUT2D eigenvalue weighted by atomic mass is 16.7. The van der Waals surface area contributed by atoms with Crippen molar-refractivity contribution in [1.29, 1.82) is 0 Å². The molecule has 1 amide bonds. The minimum Gasteiger partial charge on any atom is -0.469 e. The molecule has 1 atom stereocenters. The molecule has 2 saturated heterocycles. The number of hydrogen-bond donors (Lipinski definition) is 0. The van der Waals surface area contributed by atoms with Crippen molar-refractivity contribution >= 4 is 29.2 Å². The number of nitrogens with zero attached hydrogens (tertiary/aromatic N) is 2. The maximum atomic E-state index is 13.7. The van der Waals surface area contributed by atoms with Gasteiger partial charge in [-0.1, -0.05) is 6.07 Å². The van der Waals surface area contributed by atoms with Gasteiger partial charge in [-0.15, -0.1) is 0 Å². The van der Waals surface area contributed by atoms with Gasteiger partial charge in [0, 0.05) is 30.6 Å². The molecule has 3 heterocycles. The molecule has 172 valence electrons. The van der Waals surface area contributed by atoms with Crippen LogP contribution in [0, 0.1) is 0 Å². The van der Waals surface area contributed by atoms with Gasteiger partial charge in [-0.2, -0.15) is 0 Å². The Kier molecular flexibility index (Phi) is 5.13. The van der Waals surface area contributed by atoms with Crippen molar-refractivity contribution < 1.29 is 33.3 Å². The zero-order chi connectivity index (χ0) is 22.5. The number of amides is 1. The Morgan fingerprint density at radius 3 is 2.47 bits per heavy atom. The molecule has 0 aromatic heterocycles. The molecule has 1 saturated carbocycles. The van der Waals surface area contributed by atoms with Gasteiger partial charge in [0.15, 0.2) is 5.79 Å². The van der Waals surface area contributed by atoms with Crippen molar-refractivity contribution in [3.63, 3.8) is 0 Å². The van der Waals surface area contributed by atoms with Crippen molar-refractivity contribution in [2.24, 2.45) is 0 Å². The average molecular weight is 444 g/mol. The van der Waals surface area contributed by atoms with E-state index in [1.807, 2.05) is 18.2 Å². The van der Waals surface area contributed by atoms with Crippen LogP contribution in [0.25, 0.3) is 0 Å². The zero-order valence-electron chi connectivity index (χ0n) is 18.4. The van der Waals surface area contributed by atoms with Crippen LogP contribution in [0.4, 0.5) is 11.4 Å². The summed E-state index contributed by atoms with van der Waals surface area (Å²) in [6, 6.07) is 4.94. The third-order valence-corrected chi connectivity index (χ3v) is 7.12. The summed E-state index contributed by atoms with van der Waals surface area (Å²) < 4.78 is 21.5. The van der Waals surface area contributed by atoms with Crippen molar-refractivity contribution in [2.75, 3.05) is 50.3 Å². The number of esters is 2. The van der Waals surface area contributed by atoms with E-state index < -0.39 is 29.2 Å². The van der Waals surface area contributed by atoms with Crippen molar-refractivity contribution in [3.05, 3.63) is 23.8 Å². The third kappa shape index (κ3) is 3.17. The summed E-state index contributed by atoms with van der Waals surface area (Å²) in [5, 5.41) is 0. The van der Waals surface area contributed by atoms with Gasteiger partial charge in [0.2, 0.25) is 5.91 Å². The Labute approximate surface area is 186 Å². The Morgan fingerprint density at radius 1 is 1.09 bits per heavy atom. The van der Waals surface area contributed by atoms with Gasteiger partial charge in [-0.3, -0.25) is 14.5 Å². The number of ether oxygens (including phenoxy) is 4. The van der Waals surface area contributed by atoms with Crippen LogP contribution >= 0.6 is 0 Å². The number of carbonyl (C=O) groups is 3. The summed E-state index contributed by atoms with van der Waals surface area (Å²) >= 11 is 0. The van der Waals surface area contributed by atoms with E-state index in [0.29, 0.717) is 19.8 Å². The molecule has 5 rings (SSSR count). The molecular formula is C23H28N2O7. The topological polar surface area (TPSA) is 94.6 Å². The number of anilines is 2. The van der Waals surface area contributed by atoms with Crippen LogP contribution in [-0.2, 0) is 38.7 Å². The van der Waals surface area contributed by atoms with Crippen LogP contribution in [0.1, 0.15) is 37.7 Å². The second-order valence-corrected chi connectivity index (χ2v) is 8.86. The van der Waals surface area contributed by atoms with Gasteiger partial charge in [0.05, 0.1) is 45.1 Å². The van der Waals surface area contributed by atoms with Crippen LogP contribution < -0.4 is 9.80 Å². The first-order valence-electron chi connectivity index (χ1n) is 11.1. The van der Waals surface area contributed by atoms with E-state index in [4.69, 9.17) is 18.9 Å². The first-order chi connectivity index (χ1) is 15.4. The second-order valence-electron chi connectivity index (χ2n) is 8.86. The Hall–Kier alpha value is -2.65. The molecule has 2 spiro atoms. The number of fused-ring (bicyclic) bond motifs is 2. The third-order valence-electron chi connectivity index (χ3n) is 7.12. The smallest absolute Gasteiger partial charge is 0.328 e. The van der Waals surface area contributed by atoms with Crippen LogP contribution in [0.15, 0.2) is 18.2 Å². The summed E-state index contributed by atoms with van der Waals surface area (Å²) in [5.41, 5.74) is 2.06. The van der Waals surface area contributed by atoms with Crippen molar-refractivity contribution in [1.82, 2.24) is 0 Å². The zero-order valence-corrected chi connectivity index (χ0v) is 18.4. The highest BCUT2D eigenvalue weighted by molar-refractivity contribution is 6.14. The minimum absolute atomic E-state index is 0.0192. The summed E-state index contributed by atoms with van der Waals surface area (Å²) in [7, 11) is 2.60. The van der Waals surface area contributed by atoms with Gasteiger partial charge < -0.3 is 23.8 Å². The number of methoxy groups -OCH3 is 2. The lowest BCUT2D eigenvalue weighted by Crippen LogP contribution is -2.46. The van der Waals surface area contributed by atoms with Gasteiger partial charge >= 0.3 is 11.9 Å². The molecule has 0 radical (unpaired) electrons. The summed E-state index contributed by atoms with van der Waals surface area (Å²) in [6.07, 6.45) is 2.41. The molecule has 3 fully saturated rings. The van der Waals surface area contributed by atoms with Gasteiger partial charge in [-0.05, 0) is 31.4 Å². The molecule has 9 nitrogen and oxygen atoms in total. The van der Waals surface area contributed by atoms with E-state index in [1.165, 1.54) is 14.2 Å². The predicted octanol–water partition coefficient (Wildman–Crippen LogP) is 1.51. The molecule has 1 aromatic rings. The normalized spacial score (nSPS) is 23.0. The Balaban J connectivity index is 1.51. The van der Waals surface area contributed by atoms with E-state index in [2.05, 4.69) is 4.90 Å². The second kappa shape index (κ2) is 7.74. The van der Waals surface area contributed by atoms with E-state index in [0.717, 1.165) is 42.7 Å². The molecule has 9 heteroatoms. The SMILES string of the molecule is COC(=O)CCC(C(=O)OC)N1C(=O)C2(CC2)c2c(N3CCC4(C3)OCCO4)cccc21. The molecule has 3 aliphatic heterocycles. The Morgan fingerprint density at radius 2 is 1.81 bits per heavy atom. The molecule has 0 bridgehead atoms. The minimum atomic E-state index is -0.882. The fourth-order valence-electron chi connectivity index (χ4n) is 5.37. The van der Waals surface area contributed by atoms with Crippen LogP contribution in [-0.4, -0.2) is 70.2 Å². The van der Waals surface area contributed by atoms with E-state index in [-0.39, 0.29) is 18.7 Å². The molecule has 0 N–H and O–H groups in total. The molecule has 32 heavy (non-hydrogen) atoms. The largest absolute Gasteiger partial charge is 0.469 e. The van der Waals surface area contributed by atoms with Crippen LogP contribution in [0.3, 0.4) is 0 Å². The van der Waals surface area contributed by atoms with Crippen LogP contribution in [0.5, 0.6) is 0 Å². The summed E-state index contributed by atoms with van der Waals surface area (Å²) in [4.78, 5) is 41.9. The molecule has 4 aliphatic rings. The lowest BCUT2D eigenvalue weighted by molar-refractivity contribution is -0.145. The van der Waals surface area contributed by atoms with E-state index in [9.17, 15) is 14.4 Å². The van der Waals surface area contributed by atoms with E-state index in [1.54, 1.807) is 4.90 Å².